The van der Waals surface area contributed by atoms with Crippen LogP contribution in [0.4, 0.5) is 0 Å². The van der Waals surface area contributed by atoms with Crippen LogP contribution in [-0.4, -0.2) is 35.9 Å². The van der Waals surface area contributed by atoms with Gasteiger partial charge >= 0.3 is 0 Å². The van der Waals surface area contributed by atoms with Crippen molar-refractivity contribution in [3.05, 3.63) is 84.4 Å². The average molecular weight is 397 g/mol. The zero-order valence-corrected chi connectivity index (χ0v) is 16.1. The van der Waals surface area contributed by atoms with E-state index in [0.717, 1.165) is 22.1 Å². The molecule has 0 aliphatic heterocycles. The molecule has 2 aromatic heterocycles. The fraction of sp³-hybridized carbons (Fsp3) is 0.136. The summed E-state index contributed by atoms with van der Waals surface area (Å²) in [7, 11) is 0. The van der Waals surface area contributed by atoms with E-state index >= 15 is 0 Å². The third kappa shape index (κ3) is 3.39. The van der Waals surface area contributed by atoms with E-state index in [1.165, 1.54) is 0 Å². The van der Waals surface area contributed by atoms with Gasteiger partial charge in [0.05, 0.1) is 11.0 Å². The molecular formula is C22H19N7O. The quantitative estimate of drug-likeness (QED) is 0.475. The maximum atomic E-state index is 12.9. The van der Waals surface area contributed by atoms with Crippen LogP contribution in [0.1, 0.15) is 22.9 Å². The summed E-state index contributed by atoms with van der Waals surface area (Å²) in [5.74, 6) is -0.163. The third-order valence-corrected chi connectivity index (χ3v) is 5.04. The molecular weight excluding hydrogens is 378 g/mol. The summed E-state index contributed by atoms with van der Waals surface area (Å²) in [6.45, 7) is 0.564. The lowest BCUT2D eigenvalue weighted by Crippen LogP contribution is -2.34. The largest absolute Gasteiger partial charge is 0.330 e. The maximum Gasteiger partial charge on any atom is 0.252 e. The highest BCUT2D eigenvalue weighted by Gasteiger charge is 2.19. The molecule has 1 N–H and O–H groups in total. The van der Waals surface area contributed by atoms with Crippen LogP contribution >= 0.6 is 0 Å². The van der Waals surface area contributed by atoms with Crippen molar-refractivity contribution in [2.45, 2.75) is 19.1 Å². The molecule has 3 aromatic carbocycles. The van der Waals surface area contributed by atoms with E-state index in [0.29, 0.717) is 18.5 Å². The summed E-state index contributed by atoms with van der Waals surface area (Å²) in [6, 6.07) is 24.7. The minimum absolute atomic E-state index is 0.163. The Morgan fingerprint density at radius 3 is 2.23 bits per heavy atom. The standard InChI is InChI=1S/C22H19N7O/c30-22(16-8-2-1-3-9-16)23-21(29-20-13-7-5-11-18(20)25-27-29)14-15-28-19-12-6-4-10-17(19)24-26-28/h1-13,21H,14-15H2,(H,23,30)/t21-/m0/s1. The molecule has 8 nitrogen and oxygen atoms in total. The number of hydrogen-bond acceptors (Lipinski definition) is 5. The molecule has 8 heteroatoms. The second-order valence-corrected chi connectivity index (χ2v) is 6.97. The minimum atomic E-state index is -0.395. The fourth-order valence-corrected chi connectivity index (χ4v) is 3.52. The number of hydrogen-bond donors (Lipinski definition) is 1. The van der Waals surface area contributed by atoms with E-state index in [9.17, 15) is 4.79 Å². The van der Waals surface area contributed by atoms with Crippen molar-refractivity contribution in [2.75, 3.05) is 0 Å². The van der Waals surface area contributed by atoms with Crippen LogP contribution in [0.3, 0.4) is 0 Å². The number of benzene rings is 3. The molecule has 0 spiro atoms. The molecule has 5 rings (SSSR count). The fourth-order valence-electron chi connectivity index (χ4n) is 3.52. The predicted octanol–water partition coefficient (Wildman–Crippen LogP) is 3.19. The molecule has 0 aliphatic carbocycles. The smallest absolute Gasteiger partial charge is 0.252 e. The van der Waals surface area contributed by atoms with Gasteiger partial charge in [0.1, 0.15) is 17.2 Å². The van der Waals surface area contributed by atoms with Gasteiger partial charge in [0, 0.05) is 18.5 Å². The minimum Gasteiger partial charge on any atom is -0.330 e. The molecule has 0 bridgehead atoms. The second kappa shape index (κ2) is 7.75. The highest BCUT2D eigenvalue weighted by molar-refractivity contribution is 5.94. The number of rotatable bonds is 6. The monoisotopic (exact) mass is 397 g/mol. The van der Waals surface area contributed by atoms with Gasteiger partial charge in [-0.3, -0.25) is 4.79 Å². The SMILES string of the molecule is O=C(N[C@H](CCn1nnc2ccccc21)n1nnc2ccccc21)c1ccccc1. The van der Waals surface area contributed by atoms with Crippen LogP contribution in [0.2, 0.25) is 0 Å². The lowest BCUT2D eigenvalue weighted by molar-refractivity contribution is 0.0911. The van der Waals surface area contributed by atoms with E-state index in [1.54, 1.807) is 16.8 Å². The van der Waals surface area contributed by atoms with Gasteiger partial charge in [0.15, 0.2) is 0 Å². The van der Waals surface area contributed by atoms with Gasteiger partial charge in [-0.2, -0.15) is 0 Å². The van der Waals surface area contributed by atoms with Crippen molar-refractivity contribution in [3.8, 4) is 0 Å². The average Bonchev–Trinajstić information content (AvgIpc) is 3.41. The van der Waals surface area contributed by atoms with Gasteiger partial charge in [-0.15, -0.1) is 10.2 Å². The number of fused-ring (bicyclic) bond motifs is 2. The van der Waals surface area contributed by atoms with E-state index in [2.05, 4.69) is 25.9 Å². The van der Waals surface area contributed by atoms with Crippen LogP contribution in [0.25, 0.3) is 22.1 Å². The first-order valence-corrected chi connectivity index (χ1v) is 9.74. The van der Waals surface area contributed by atoms with E-state index in [-0.39, 0.29) is 5.91 Å². The molecule has 2 heterocycles. The molecule has 0 aliphatic rings. The van der Waals surface area contributed by atoms with Crippen LogP contribution < -0.4 is 5.32 Å². The summed E-state index contributed by atoms with van der Waals surface area (Å²) in [6.07, 6.45) is 0.173. The molecule has 0 saturated heterocycles. The first-order valence-electron chi connectivity index (χ1n) is 9.74. The lowest BCUT2D eigenvalue weighted by Gasteiger charge is -2.20. The Kier molecular flexibility index (Phi) is 4.65. The zero-order chi connectivity index (χ0) is 20.3. The number of nitrogens with one attached hydrogen (secondary N) is 1. The molecule has 148 valence electrons. The molecule has 1 amide bonds. The second-order valence-electron chi connectivity index (χ2n) is 6.97. The van der Waals surface area contributed by atoms with Gasteiger partial charge in [0.2, 0.25) is 0 Å². The Bertz CT molecular complexity index is 1310. The Morgan fingerprint density at radius 2 is 1.43 bits per heavy atom. The summed E-state index contributed by atoms with van der Waals surface area (Å²) < 4.78 is 3.60. The molecule has 30 heavy (non-hydrogen) atoms. The van der Waals surface area contributed by atoms with Crippen molar-refractivity contribution in [3.63, 3.8) is 0 Å². The summed E-state index contributed by atoms with van der Waals surface area (Å²) >= 11 is 0. The van der Waals surface area contributed by atoms with Gasteiger partial charge in [-0.05, 0) is 36.4 Å². The molecule has 0 fully saturated rings. The number of carbonyl (C=O) groups is 1. The Hall–Kier alpha value is -4.07. The van der Waals surface area contributed by atoms with Crippen LogP contribution in [-0.2, 0) is 6.54 Å². The summed E-state index contributed by atoms with van der Waals surface area (Å²) in [5.41, 5.74) is 4.03. The molecule has 1 atom stereocenters. The number of nitrogens with zero attached hydrogens (tertiary/aromatic N) is 6. The Balaban J connectivity index is 1.45. The van der Waals surface area contributed by atoms with Crippen molar-refractivity contribution in [2.24, 2.45) is 0 Å². The van der Waals surface area contributed by atoms with Gasteiger partial charge in [-0.1, -0.05) is 52.9 Å². The Labute approximate surface area is 172 Å². The molecule has 5 aromatic rings. The highest BCUT2D eigenvalue weighted by Crippen LogP contribution is 2.19. The number of aromatic nitrogens is 6. The first-order chi connectivity index (χ1) is 14.8. The van der Waals surface area contributed by atoms with Crippen LogP contribution in [0.5, 0.6) is 0 Å². The van der Waals surface area contributed by atoms with Crippen molar-refractivity contribution in [1.29, 1.82) is 0 Å². The number of carbonyl (C=O) groups excluding carboxylic acids is 1. The number of amides is 1. The molecule has 0 saturated carbocycles. The van der Waals surface area contributed by atoms with Gasteiger partial charge < -0.3 is 5.32 Å². The number of aryl methyl sites for hydroxylation is 1. The predicted molar refractivity (Wildman–Crippen MR) is 113 cm³/mol. The number of para-hydroxylation sites is 2. The summed E-state index contributed by atoms with van der Waals surface area (Å²) in [5, 5.41) is 20.1. The van der Waals surface area contributed by atoms with E-state index in [4.69, 9.17) is 0 Å². The maximum absolute atomic E-state index is 12.9. The normalized spacial score (nSPS) is 12.3. The van der Waals surface area contributed by atoms with Gasteiger partial charge in [-0.25, -0.2) is 9.36 Å². The van der Waals surface area contributed by atoms with Crippen LogP contribution in [0.15, 0.2) is 78.9 Å². The Morgan fingerprint density at radius 1 is 0.800 bits per heavy atom. The topological polar surface area (TPSA) is 90.5 Å². The van der Waals surface area contributed by atoms with Crippen LogP contribution in [0, 0.1) is 0 Å². The van der Waals surface area contributed by atoms with Gasteiger partial charge in [0.25, 0.3) is 5.91 Å². The first kappa shape index (κ1) is 18.0. The summed E-state index contributed by atoms with van der Waals surface area (Å²) in [4.78, 5) is 12.9. The van der Waals surface area contributed by atoms with Crippen molar-refractivity contribution in [1.82, 2.24) is 35.3 Å². The third-order valence-electron chi connectivity index (χ3n) is 5.04. The molecule has 0 unspecified atom stereocenters. The highest BCUT2D eigenvalue weighted by atomic mass is 16.1. The van der Waals surface area contributed by atoms with E-state index < -0.39 is 6.17 Å². The van der Waals surface area contributed by atoms with E-state index in [1.807, 2.05) is 71.4 Å². The molecule has 0 radical (unpaired) electrons. The van der Waals surface area contributed by atoms with Crippen molar-refractivity contribution >= 4 is 28.0 Å². The zero-order valence-electron chi connectivity index (χ0n) is 16.1. The van der Waals surface area contributed by atoms with Crippen molar-refractivity contribution < 1.29 is 4.79 Å². The lowest BCUT2D eigenvalue weighted by atomic mass is 10.2.